The number of imide groups is 1. The van der Waals surface area contributed by atoms with E-state index in [4.69, 9.17) is 9.47 Å². The first-order valence-electron chi connectivity index (χ1n) is 7.68. The number of benzene rings is 1. The zero-order valence-electron chi connectivity index (χ0n) is 13.3. The molecule has 5 nitrogen and oxygen atoms in total. The van der Waals surface area contributed by atoms with Crippen LogP contribution in [0.25, 0.3) is 0 Å². The van der Waals surface area contributed by atoms with Crippen LogP contribution in [0.5, 0.6) is 0 Å². The monoisotopic (exact) mass is 303 g/mol. The maximum Gasteiger partial charge on any atom is 0.261 e. The third-order valence-electron chi connectivity index (χ3n) is 4.31. The predicted molar refractivity (Wildman–Crippen MR) is 80.5 cm³/mol. The summed E-state index contributed by atoms with van der Waals surface area (Å²) in [5.41, 5.74) is 0.938. The van der Waals surface area contributed by atoms with E-state index in [1.165, 1.54) is 4.90 Å². The van der Waals surface area contributed by atoms with Crippen molar-refractivity contribution in [1.82, 2.24) is 4.90 Å². The number of fused-ring (bicyclic) bond motifs is 1. The molecule has 1 aromatic rings. The molecule has 1 aromatic carbocycles. The van der Waals surface area contributed by atoms with Gasteiger partial charge < -0.3 is 9.47 Å². The van der Waals surface area contributed by atoms with Crippen LogP contribution in [0.1, 0.15) is 54.8 Å². The van der Waals surface area contributed by atoms with Crippen LogP contribution in [0.15, 0.2) is 24.3 Å². The van der Waals surface area contributed by atoms with Crippen molar-refractivity contribution >= 4 is 11.8 Å². The average Bonchev–Trinajstić information content (AvgIpc) is 2.88. The number of amides is 2. The Morgan fingerprint density at radius 3 is 2.09 bits per heavy atom. The van der Waals surface area contributed by atoms with Crippen molar-refractivity contribution in [3.63, 3.8) is 0 Å². The fraction of sp³-hybridized carbons (Fsp3) is 0.529. The molecule has 0 spiro atoms. The van der Waals surface area contributed by atoms with Gasteiger partial charge in [-0.25, -0.2) is 0 Å². The van der Waals surface area contributed by atoms with Crippen molar-refractivity contribution in [1.29, 1.82) is 0 Å². The highest BCUT2D eigenvalue weighted by Crippen LogP contribution is 2.35. The largest absolute Gasteiger partial charge is 0.345 e. The first-order chi connectivity index (χ1) is 10.4. The van der Waals surface area contributed by atoms with Crippen LogP contribution in [0.3, 0.4) is 0 Å². The molecule has 0 saturated carbocycles. The van der Waals surface area contributed by atoms with Gasteiger partial charge in [0.05, 0.1) is 23.3 Å². The lowest BCUT2D eigenvalue weighted by atomic mass is 10.0. The van der Waals surface area contributed by atoms with E-state index in [0.717, 1.165) is 0 Å². The highest BCUT2D eigenvalue weighted by Gasteiger charge is 2.49. The molecule has 3 atom stereocenters. The predicted octanol–water partition coefficient (Wildman–Crippen LogP) is 2.60. The number of nitrogens with zero attached hydrogens (tertiary/aromatic N) is 1. The Morgan fingerprint density at radius 2 is 1.68 bits per heavy atom. The van der Waals surface area contributed by atoms with E-state index in [-0.39, 0.29) is 30.1 Å². The molecule has 1 fully saturated rings. The maximum atomic E-state index is 12.6. The zero-order valence-corrected chi connectivity index (χ0v) is 13.3. The fourth-order valence-corrected chi connectivity index (χ4v) is 3.43. The van der Waals surface area contributed by atoms with E-state index in [1.807, 2.05) is 27.7 Å². The summed E-state index contributed by atoms with van der Waals surface area (Å²) in [6.07, 6.45) is 0.131. The number of ether oxygens (including phenoxy) is 2. The minimum atomic E-state index is -0.698. The Morgan fingerprint density at radius 1 is 1.14 bits per heavy atom. The van der Waals surface area contributed by atoms with Crippen molar-refractivity contribution < 1.29 is 19.1 Å². The lowest BCUT2D eigenvalue weighted by molar-refractivity contribution is -0.149. The van der Waals surface area contributed by atoms with Crippen LogP contribution in [0, 0.1) is 0 Å². The molecule has 0 aromatic heterocycles. The Hall–Kier alpha value is -1.72. The van der Waals surface area contributed by atoms with Gasteiger partial charge in [0.25, 0.3) is 11.8 Å². The van der Waals surface area contributed by atoms with E-state index in [9.17, 15) is 9.59 Å². The van der Waals surface area contributed by atoms with Crippen LogP contribution < -0.4 is 0 Å². The topological polar surface area (TPSA) is 55.8 Å². The van der Waals surface area contributed by atoms with Crippen molar-refractivity contribution in [2.24, 2.45) is 0 Å². The van der Waals surface area contributed by atoms with Crippen molar-refractivity contribution in [2.45, 2.75) is 58.2 Å². The van der Waals surface area contributed by atoms with Gasteiger partial charge in [0.2, 0.25) is 0 Å². The number of rotatable bonds is 3. The first kappa shape index (κ1) is 15.2. The summed E-state index contributed by atoms with van der Waals surface area (Å²) in [7, 11) is 0. The minimum absolute atomic E-state index is 0.177. The Balaban J connectivity index is 1.93. The van der Waals surface area contributed by atoms with Crippen LogP contribution >= 0.6 is 0 Å². The quantitative estimate of drug-likeness (QED) is 0.805. The second-order valence-corrected chi connectivity index (χ2v) is 6.31. The molecule has 0 unspecified atom stereocenters. The van der Waals surface area contributed by atoms with Gasteiger partial charge in [-0.3, -0.25) is 14.5 Å². The van der Waals surface area contributed by atoms with E-state index in [1.54, 1.807) is 24.3 Å². The van der Waals surface area contributed by atoms with E-state index < -0.39 is 5.79 Å². The van der Waals surface area contributed by atoms with Gasteiger partial charge in [-0.05, 0) is 39.3 Å². The lowest BCUT2D eigenvalue weighted by Gasteiger charge is -2.31. The molecule has 1 saturated heterocycles. The number of carbonyl (C=O) groups excluding carboxylic acids is 2. The molecule has 3 rings (SSSR count). The standard InChI is InChI=1S/C17H21NO4/c1-5-13(14-10(2)21-17(3,4)22-14)18-15(19)11-8-6-7-9-12(11)16(18)20/h6-10,13-14H,5H2,1-4H3/t10-,13-,14-/m1/s1. The summed E-state index contributed by atoms with van der Waals surface area (Å²) in [6.45, 7) is 7.56. The molecule has 2 aliphatic heterocycles. The van der Waals surface area contributed by atoms with Gasteiger partial charge in [-0.15, -0.1) is 0 Å². The van der Waals surface area contributed by atoms with Crippen LogP contribution in [-0.4, -0.2) is 40.8 Å². The summed E-state index contributed by atoms with van der Waals surface area (Å²) < 4.78 is 11.7. The molecule has 118 valence electrons. The van der Waals surface area contributed by atoms with Gasteiger partial charge in [-0.1, -0.05) is 19.1 Å². The smallest absolute Gasteiger partial charge is 0.261 e. The third kappa shape index (κ3) is 2.25. The SMILES string of the molecule is CC[C@H]([C@@H]1OC(C)(C)O[C@@H]1C)N1C(=O)c2ccccc2C1=O. The average molecular weight is 303 g/mol. The molecule has 0 aliphatic carbocycles. The van der Waals surface area contributed by atoms with Crippen LogP contribution in [-0.2, 0) is 9.47 Å². The van der Waals surface area contributed by atoms with Crippen molar-refractivity contribution in [3.05, 3.63) is 35.4 Å². The maximum absolute atomic E-state index is 12.6. The summed E-state index contributed by atoms with van der Waals surface area (Å²) in [6, 6.07) is 6.61. The first-order valence-corrected chi connectivity index (χ1v) is 7.68. The zero-order chi connectivity index (χ0) is 16.1. The summed E-state index contributed by atoms with van der Waals surface area (Å²) in [4.78, 5) is 26.6. The van der Waals surface area contributed by atoms with Crippen molar-refractivity contribution in [3.8, 4) is 0 Å². The molecule has 0 radical (unpaired) electrons. The highest BCUT2D eigenvalue weighted by atomic mass is 16.8. The minimum Gasteiger partial charge on any atom is -0.345 e. The van der Waals surface area contributed by atoms with Gasteiger partial charge in [0.1, 0.15) is 6.10 Å². The summed E-state index contributed by atoms with van der Waals surface area (Å²) in [5.74, 6) is -1.18. The van der Waals surface area contributed by atoms with Crippen LogP contribution in [0.2, 0.25) is 0 Å². The number of carbonyl (C=O) groups is 2. The number of hydrogen-bond acceptors (Lipinski definition) is 4. The molecule has 22 heavy (non-hydrogen) atoms. The number of hydrogen-bond donors (Lipinski definition) is 0. The normalized spacial score (nSPS) is 28.1. The van der Waals surface area contributed by atoms with E-state index in [0.29, 0.717) is 17.5 Å². The summed E-state index contributed by atoms with van der Waals surface area (Å²) >= 11 is 0. The molecular formula is C17H21NO4. The van der Waals surface area contributed by atoms with Gasteiger partial charge in [-0.2, -0.15) is 0 Å². The molecule has 5 heteroatoms. The van der Waals surface area contributed by atoms with Gasteiger partial charge in [0.15, 0.2) is 5.79 Å². The fourth-order valence-electron chi connectivity index (χ4n) is 3.43. The molecular weight excluding hydrogens is 282 g/mol. The van der Waals surface area contributed by atoms with E-state index in [2.05, 4.69) is 0 Å². The molecule has 2 amide bonds. The Labute approximate surface area is 130 Å². The molecule has 2 heterocycles. The van der Waals surface area contributed by atoms with Crippen LogP contribution in [0.4, 0.5) is 0 Å². The van der Waals surface area contributed by atoms with E-state index >= 15 is 0 Å². The highest BCUT2D eigenvalue weighted by molar-refractivity contribution is 6.21. The molecule has 0 bridgehead atoms. The Kier molecular flexibility index (Phi) is 3.57. The van der Waals surface area contributed by atoms with Gasteiger partial charge in [0, 0.05) is 0 Å². The van der Waals surface area contributed by atoms with Gasteiger partial charge >= 0.3 is 0 Å². The Bertz CT molecular complexity index is 590. The second-order valence-electron chi connectivity index (χ2n) is 6.31. The lowest BCUT2D eigenvalue weighted by Crippen LogP contribution is -2.49. The summed E-state index contributed by atoms with van der Waals surface area (Å²) in [5, 5.41) is 0. The molecule has 2 aliphatic rings. The third-order valence-corrected chi connectivity index (χ3v) is 4.31. The van der Waals surface area contributed by atoms with Crippen molar-refractivity contribution in [2.75, 3.05) is 0 Å². The second kappa shape index (κ2) is 5.18. The molecule has 0 N–H and O–H groups in total.